The molecule has 0 spiro atoms. The zero-order valence-corrected chi connectivity index (χ0v) is 24.1. The summed E-state index contributed by atoms with van der Waals surface area (Å²) in [7, 11) is -10.8. The van der Waals surface area contributed by atoms with E-state index < -0.39 is 40.2 Å². The molecule has 0 bridgehead atoms. The second-order valence-electron chi connectivity index (χ2n) is 8.38. The van der Waals surface area contributed by atoms with Gasteiger partial charge in [-0.25, -0.2) is 26.8 Å². The molecular weight excluding hydrogens is 602 g/mol. The normalized spacial score (nSPS) is 18.1. The third-order valence-corrected chi connectivity index (χ3v) is 10.6. The molecule has 4 heterocycles. The van der Waals surface area contributed by atoms with Gasteiger partial charge in [-0.05, 0) is 24.3 Å². The van der Waals surface area contributed by atoms with E-state index in [1.165, 1.54) is 21.0 Å². The van der Waals surface area contributed by atoms with Crippen LogP contribution in [-0.2, 0) is 33.7 Å². The summed E-state index contributed by atoms with van der Waals surface area (Å²) in [6, 6.07) is 6.91. The van der Waals surface area contributed by atoms with Gasteiger partial charge in [0.1, 0.15) is 11.6 Å². The van der Waals surface area contributed by atoms with E-state index in [0.717, 1.165) is 0 Å². The number of halogens is 2. The summed E-state index contributed by atoms with van der Waals surface area (Å²) in [6.45, 7) is 2.32. The molecule has 0 aromatic carbocycles. The smallest absolute Gasteiger partial charge is 0.354 e. The number of hydrogen-bond donors (Lipinski definition) is 0. The molecule has 0 saturated carbocycles. The minimum atomic E-state index is -3.90. The Labute approximate surface area is 232 Å². The zero-order valence-electron chi connectivity index (χ0n) is 20.1. The summed E-state index contributed by atoms with van der Waals surface area (Å²) in [5.41, 5.74) is 0. The lowest BCUT2D eigenvalue weighted by Gasteiger charge is -2.34. The van der Waals surface area contributed by atoms with Crippen LogP contribution in [0.5, 0.6) is 0 Å². The number of nitrogens with zero attached hydrogens (tertiary/aromatic N) is 6. The Morgan fingerprint density at radius 3 is 1.37 bits per heavy atom. The van der Waals surface area contributed by atoms with Gasteiger partial charge in [-0.15, -0.1) is 9.05 Å². The van der Waals surface area contributed by atoms with E-state index in [2.05, 4.69) is 9.97 Å². The van der Waals surface area contributed by atoms with Crippen molar-refractivity contribution < 1.29 is 30.4 Å². The standard InChI is InChI=1S/C20H26Cl2N6O7PS2/c21-17-1-3-19(23-13-17)25-5-9-27(10-6-25)37(30,31)15-34-36(29)35-16-38(32,33)28-11-7-26(8-12-28)20-4-2-18(22)14-24-20/h1-4,13-14H,5-12,15-16H2/q+1. The first kappa shape index (κ1) is 29.3. The van der Waals surface area contributed by atoms with Crippen LogP contribution in [0.15, 0.2) is 36.7 Å². The minimum absolute atomic E-state index is 0.180. The third-order valence-electron chi connectivity index (χ3n) is 5.95. The molecule has 0 N–H and O–H groups in total. The molecule has 2 aromatic rings. The lowest BCUT2D eigenvalue weighted by atomic mass is 10.3. The van der Waals surface area contributed by atoms with Crippen molar-refractivity contribution in [3.8, 4) is 0 Å². The maximum absolute atomic E-state index is 12.6. The average Bonchev–Trinajstić information content (AvgIpc) is 2.92. The fraction of sp³-hybridized carbons (Fsp3) is 0.500. The molecule has 18 heteroatoms. The second-order valence-corrected chi connectivity index (χ2v) is 14.1. The van der Waals surface area contributed by atoms with Crippen molar-refractivity contribution in [3.05, 3.63) is 46.7 Å². The van der Waals surface area contributed by atoms with E-state index in [4.69, 9.17) is 32.2 Å². The van der Waals surface area contributed by atoms with Crippen molar-refractivity contribution in [2.24, 2.45) is 0 Å². The molecule has 4 rings (SSSR count). The van der Waals surface area contributed by atoms with Gasteiger partial charge in [0, 0.05) is 69.3 Å². The van der Waals surface area contributed by atoms with Crippen LogP contribution >= 0.6 is 31.5 Å². The van der Waals surface area contributed by atoms with Gasteiger partial charge < -0.3 is 9.80 Å². The monoisotopic (exact) mass is 627 g/mol. The second kappa shape index (κ2) is 12.7. The number of hydrogen-bond acceptors (Lipinski definition) is 11. The number of aromatic nitrogens is 2. The fourth-order valence-electron chi connectivity index (χ4n) is 3.91. The van der Waals surface area contributed by atoms with Gasteiger partial charge >= 0.3 is 8.25 Å². The fourth-order valence-corrected chi connectivity index (χ4v) is 7.70. The van der Waals surface area contributed by atoms with Crippen LogP contribution in [0.2, 0.25) is 10.0 Å². The molecule has 2 aliphatic rings. The van der Waals surface area contributed by atoms with Crippen molar-refractivity contribution in [2.45, 2.75) is 0 Å². The van der Waals surface area contributed by atoms with Crippen LogP contribution in [0, 0.1) is 0 Å². The highest BCUT2D eigenvalue weighted by Gasteiger charge is 2.35. The van der Waals surface area contributed by atoms with Gasteiger partial charge in [-0.3, -0.25) is 0 Å². The zero-order chi connectivity index (χ0) is 27.3. The molecule has 0 atom stereocenters. The van der Waals surface area contributed by atoms with E-state index in [0.29, 0.717) is 47.9 Å². The van der Waals surface area contributed by atoms with Crippen molar-refractivity contribution in [3.63, 3.8) is 0 Å². The summed E-state index contributed by atoms with van der Waals surface area (Å²) in [5.74, 6) is -0.422. The summed E-state index contributed by atoms with van der Waals surface area (Å²) in [4.78, 5) is 12.3. The molecular formula is C20H26Cl2N6O7PS2+. The van der Waals surface area contributed by atoms with E-state index >= 15 is 0 Å². The van der Waals surface area contributed by atoms with Crippen LogP contribution in [0.4, 0.5) is 11.6 Å². The molecule has 13 nitrogen and oxygen atoms in total. The van der Waals surface area contributed by atoms with E-state index in [9.17, 15) is 21.4 Å². The maximum atomic E-state index is 12.6. The first-order valence-corrected chi connectivity index (χ1v) is 16.5. The van der Waals surface area contributed by atoms with Gasteiger partial charge in [0.05, 0.1) is 10.0 Å². The van der Waals surface area contributed by atoms with Gasteiger partial charge in [0.15, 0.2) is 0 Å². The molecule has 0 aliphatic carbocycles. The quantitative estimate of drug-likeness (QED) is 0.357. The predicted octanol–water partition coefficient (Wildman–Crippen LogP) is 1.99. The summed E-state index contributed by atoms with van der Waals surface area (Å²) in [5, 5.41) is 1.01. The summed E-state index contributed by atoms with van der Waals surface area (Å²) in [6.07, 6.45) is 3.03. The van der Waals surface area contributed by atoms with Gasteiger partial charge in [0.2, 0.25) is 31.9 Å². The Kier molecular flexibility index (Phi) is 9.77. The summed E-state index contributed by atoms with van der Waals surface area (Å²) >= 11 is 11.7. The topological polar surface area (TPSA) is 143 Å². The third kappa shape index (κ3) is 7.71. The molecule has 2 fully saturated rings. The van der Waals surface area contributed by atoms with E-state index in [1.54, 1.807) is 24.3 Å². The number of rotatable bonds is 10. The highest BCUT2D eigenvalue weighted by molar-refractivity contribution is 7.89. The molecule has 2 saturated heterocycles. The Balaban J connectivity index is 1.19. The first-order chi connectivity index (χ1) is 18.0. The van der Waals surface area contributed by atoms with Crippen LogP contribution in [0.1, 0.15) is 0 Å². The van der Waals surface area contributed by atoms with Crippen LogP contribution in [-0.4, -0.2) is 99.6 Å². The van der Waals surface area contributed by atoms with Crippen LogP contribution in [0.3, 0.4) is 0 Å². The highest BCUT2D eigenvalue weighted by Crippen LogP contribution is 2.27. The Bertz CT molecular complexity index is 1220. The molecule has 0 radical (unpaired) electrons. The average molecular weight is 628 g/mol. The largest absolute Gasteiger partial charge is 0.699 e. The molecule has 208 valence electrons. The first-order valence-electron chi connectivity index (χ1n) is 11.5. The molecule has 0 unspecified atom stereocenters. The van der Waals surface area contributed by atoms with Gasteiger partial charge in [-0.2, -0.15) is 8.61 Å². The Morgan fingerprint density at radius 2 is 1.05 bits per heavy atom. The molecule has 38 heavy (non-hydrogen) atoms. The van der Waals surface area contributed by atoms with Crippen molar-refractivity contribution >= 4 is 63.1 Å². The molecule has 2 aromatic heterocycles. The summed E-state index contributed by atoms with van der Waals surface area (Å²) < 4.78 is 74.7. The Hall–Kier alpha value is -1.68. The van der Waals surface area contributed by atoms with E-state index in [1.807, 2.05) is 9.80 Å². The minimum Gasteiger partial charge on any atom is -0.354 e. The van der Waals surface area contributed by atoms with Crippen molar-refractivity contribution in [1.82, 2.24) is 18.6 Å². The van der Waals surface area contributed by atoms with Crippen LogP contribution < -0.4 is 9.80 Å². The number of pyridine rings is 2. The SMILES string of the molecule is O=[P+](OCS(=O)(=O)N1CCN(c2ccc(Cl)cn2)CC1)OCS(=O)(=O)N1CCN(c2ccc(Cl)cn2)CC1. The number of piperazine rings is 2. The van der Waals surface area contributed by atoms with E-state index in [-0.39, 0.29) is 26.2 Å². The lowest BCUT2D eigenvalue weighted by Crippen LogP contribution is -2.49. The Morgan fingerprint density at radius 1 is 0.684 bits per heavy atom. The lowest BCUT2D eigenvalue weighted by molar-refractivity contribution is 0.262. The van der Waals surface area contributed by atoms with Crippen molar-refractivity contribution in [1.29, 1.82) is 0 Å². The molecule has 2 aliphatic heterocycles. The van der Waals surface area contributed by atoms with Crippen molar-refractivity contribution in [2.75, 3.05) is 74.0 Å². The maximum Gasteiger partial charge on any atom is 0.699 e. The predicted molar refractivity (Wildman–Crippen MR) is 143 cm³/mol. The number of anilines is 2. The van der Waals surface area contributed by atoms with Gasteiger partial charge in [0.25, 0.3) is 0 Å². The molecule has 0 amide bonds. The highest BCUT2D eigenvalue weighted by atomic mass is 35.5. The van der Waals surface area contributed by atoms with Gasteiger partial charge in [-0.1, -0.05) is 23.2 Å². The number of sulfonamides is 2. The van der Waals surface area contributed by atoms with Crippen LogP contribution in [0.25, 0.3) is 0 Å².